The van der Waals surface area contributed by atoms with Crippen LogP contribution >= 0.6 is 23.1 Å². The number of rotatable bonds is 5. The number of hydrogen-bond donors (Lipinski definition) is 2. The van der Waals surface area contributed by atoms with Crippen LogP contribution in [0.15, 0.2) is 21.3 Å². The summed E-state index contributed by atoms with van der Waals surface area (Å²) in [5.74, 6) is 0.156. The maximum Gasteiger partial charge on any atom is 0.271 e. The number of aryl methyl sites for hydroxylation is 2. The molecule has 0 bridgehead atoms. The van der Waals surface area contributed by atoms with E-state index in [9.17, 15) is 9.59 Å². The van der Waals surface area contributed by atoms with Crippen molar-refractivity contribution in [1.29, 1.82) is 0 Å². The normalized spacial score (nSPS) is 11.3. The second-order valence-electron chi connectivity index (χ2n) is 6.27. The zero-order chi connectivity index (χ0) is 18.8. The van der Waals surface area contributed by atoms with Gasteiger partial charge >= 0.3 is 0 Å². The lowest BCUT2D eigenvalue weighted by molar-refractivity contribution is -0.118. The van der Waals surface area contributed by atoms with Gasteiger partial charge in [0.2, 0.25) is 11.0 Å². The second-order valence-corrected chi connectivity index (χ2v) is 8.47. The van der Waals surface area contributed by atoms with E-state index < -0.39 is 0 Å². The number of amides is 1. The number of aromatic amines is 1. The minimum atomic E-state index is -0.203. The van der Waals surface area contributed by atoms with Crippen molar-refractivity contribution in [3.05, 3.63) is 39.3 Å². The first-order valence-corrected chi connectivity index (χ1v) is 9.91. The summed E-state index contributed by atoms with van der Waals surface area (Å²) in [5.41, 5.74) is 3.99. The Hall–Kier alpha value is -2.26. The number of nitrogens with zero attached hydrogens (tertiary/aromatic N) is 3. The molecule has 7 nitrogen and oxygen atoms in total. The van der Waals surface area contributed by atoms with Crippen LogP contribution in [0.5, 0.6) is 0 Å². The van der Waals surface area contributed by atoms with Crippen molar-refractivity contribution >= 4 is 45.2 Å². The molecule has 26 heavy (non-hydrogen) atoms. The first kappa shape index (κ1) is 18.5. The molecule has 0 unspecified atom stereocenters. The Balaban J connectivity index is 1.75. The number of aromatic nitrogens is 4. The maximum atomic E-state index is 12.3. The fourth-order valence-electron chi connectivity index (χ4n) is 2.18. The molecule has 0 aliphatic carbocycles. The van der Waals surface area contributed by atoms with Gasteiger partial charge in [0.05, 0.1) is 11.0 Å². The molecule has 0 aliphatic heterocycles. The topological polar surface area (TPSA) is 101 Å². The van der Waals surface area contributed by atoms with E-state index >= 15 is 0 Å². The summed E-state index contributed by atoms with van der Waals surface area (Å²) in [5, 5.41) is 11.2. The molecule has 0 atom stereocenters. The summed E-state index contributed by atoms with van der Waals surface area (Å²) in [6, 6.07) is 3.91. The average Bonchev–Trinajstić information content (AvgIpc) is 3.02. The molecule has 0 saturated heterocycles. The van der Waals surface area contributed by atoms with Crippen LogP contribution in [0.1, 0.15) is 30.7 Å². The standard InChI is InChI=1S/C17H19N5O2S2/c1-8(2)14(23)20-16-21-22-17(26-16)25-7-13-15(24)19-12-6-10(4)9(3)5-11(12)18-13/h5-6,8H,7H2,1-4H3,(H,19,24)(H,20,21,23). The fraction of sp³-hybridized carbons (Fsp3) is 0.353. The third kappa shape index (κ3) is 4.10. The van der Waals surface area contributed by atoms with Crippen molar-refractivity contribution in [3.63, 3.8) is 0 Å². The molecular formula is C17H19N5O2S2. The van der Waals surface area contributed by atoms with Gasteiger partial charge in [-0.1, -0.05) is 36.9 Å². The summed E-state index contributed by atoms with van der Waals surface area (Å²) in [4.78, 5) is 31.3. The van der Waals surface area contributed by atoms with Gasteiger partial charge in [0.15, 0.2) is 4.34 Å². The third-order valence-electron chi connectivity index (χ3n) is 3.87. The molecule has 1 aromatic carbocycles. The number of hydrogen-bond acceptors (Lipinski definition) is 7. The number of carbonyl (C=O) groups excluding carboxylic acids is 1. The van der Waals surface area contributed by atoms with Crippen LogP contribution in [-0.2, 0) is 10.5 Å². The first-order chi connectivity index (χ1) is 12.3. The van der Waals surface area contributed by atoms with Gasteiger partial charge in [-0.2, -0.15) is 0 Å². The SMILES string of the molecule is Cc1cc2nc(CSc3nnc(NC(=O)C(C)C)s3)c(=O)[nH]c2cc1C. The Morgan fingerprint density at radius 2 is 2.00 bits per heavy atom. The molecule has 1 amide bonds. The van der Waals surface area contributed by atoms with Gasteiger partial charge in [0.1, 0.15) is 5.69 Å². The number of benzene rings is 1. The van der Waals surface area contributed by atoms with Crippen LogP contribution < -0.4 is 10.9 Å². The molecule has 2 aromatic heterocycles. The summed E-state index contributed by atoms with van der Waals surface area (Å²) in [6.07, 6.45) is 0. The number of fused-ring (bicyclic) bond motifs is 1. The predicted molar refractivity (Wildman–Crippen MR) is 105 cm³/mol. The molecule has 2 heterocycles. The number of thioether (sulfide) groups is 1. The Bertz CT molecular complexity index is 1030. The van der Waals surface area contributed by atoms with Crippen molar-refractivity contribution in [3.8, 4) is 0 Å². The monoisotopic (exact) mass is 389 g/mol. The van der Waals surface area contributed by atoms with E-state index in [2.05, 4.69) is 25.5 Å². The van der Waals surface area contributed by atoms with Crippen LogP contribution in [0.4, 0.5) is 5.13 Å². The van der Waals surface area contributed by atoms with Crippen molar-refractivity contribution in [2.75, 3.05) is 5.32 Å². The molecule has 136 valence electrons. The molecule has 0 saturated carbocycles. The Labute approximate surface area is 158 Å². The molecular weight excluding hydrogens is 370 g/mol. The number of nitrogens with one attached hydrogen (secondary N) is 2. The Morgan fingerprint density at radius 1 is 1.27 bits per heavy atom. The van der Waals surface area contributed by atoms with Crippen LogP contribution in [0.2, 0.25) is 0 Å². The average molecular weight is 390 g/mol. The molecule has 3 aromatic rings. The molecule has 9 heteroatoms. The summed E-state index contributed by atoms with van der Waals surface area (Å²) in [7, 11) is 0. The highest BCUT2D eigenvalue weighted by molar-refractivity contribution is 8.00. The van der Waals surface area contributed by atoms with E-state index in [1.807, 2.05) is 39.8 Å². The summed E-state index contributed by atoms with van der Waals surface area (Å²) < 4.78 is 0.672. The maximum absolute atomic E-state index is 12.3. The highest BCUT2D eigenvalue weighted by Crippen LogP contribution is 2.27. The zero-order valence-corrected chi connectivity index (χ0v) is 16.5. The van der Waals surface area contributed by atoms with Crippen LogP contribution in [0.25, 0.3) is 11.0 Å². The van der Waals surface area contributed by atoms with Crippen molar-refractivity contribution < 1.29 is 4.79 Å². The molecule has 0 radical (unpaired) electrons. The zero-order valence-electron chi connectivity index (χ0n) is 14.9. The molecule has 2 N–H and O–H groups in total. The van der Waals surface area contributed by atoms with Gasteiger partial charge in [-0.25, -0.2) is 4.98 Å². The Morgan fingerprint density at radius 3 is 2.73 bits per heavy atom. The van der Waals surface area contributed by atoms with E-state index in [1.54, 1.807) is 0 Å². The number of carbonyl (C=O) groups is 1. The van der Waals surface area contributed by atoms with Gasteiger partial charge in [0, 0.05) is 11.7 Å². The van der Waals surface area contributed by atoms with Gasteiger partial charge in [0.25, 0.3) is 5.56 Å². The largest absolute Gasteiger partial charge is 0.319 e. The van der Waals surface area contributed by atoms with Gasteiger partial charge in [-0.05, 0) is 37.1 Å². The van der Waals surface area contributed by atoms with Crippen LogP contribution in [0, 0.1) is 19.8 Å². The predicted octanol–water partition coefficient (Wildman–Crippen LogP) is 3.28. The highest BCUT2D eigenvalue weighted by atomic mass is 32.2. The lowest BCUT2D eigenvalue weighted by Gasteiger charge is -2.05. The fourth-order valence-corrected chi connectivity index (χ4v) is 3.86. The molecule has 3 rings (SSSR count). The first-order valence-electron chi connectivity index (χ1n) is 8.11. The van der Waals surface area contributed by atoms with Gasteiger partial charge < -0.3 is 10.3 Å². The smallest absolute Gasteiger partial charge is 0.271 e. The van der Waals surface area contributed by atoms with Crippen molar-refractivity contribution in [2.24, 2.45) is 5.92 Å². The second kappa shape index (κ2) is 7.55. The lowest BCUT2D eigenvalue weighted by atomic mass is 10.1. The van der Waals surface area contributed by atoms with E-state index in [4.69, 9.17) is 0 Å². The lowest BCUT2D eigenvalue weighted by Crippen LogP contribution is -2.17. The molecule has 0 fully saturated rings. The minimum Gasteiger partial charge on any atom is -0.319 e. The molecule has 0 spiro atoms. The van der Waals surface area contributed by atoms with E-state index in [0.717, 1.165) is 22.2 Å². The Kier molecular flexibility index (Phi) is 5.38. The summed E-state index contributed by atoms with van der Waals surface area (Å²) in [6.45, 7) is 7.64. The van der Waals surface area contributed by atoms with E-state index in [0.29, 0.717) is 20.9 Å². The van der Waals surface area contributed by atoms with Crippen molar-refractivity contribution in [2.45, 2.75) is 37.8 Å². The van der Waals surface area contributed by atoms with Gasteiger partial charge in [-0.3, -0.25) is 9.59 Å². The van der Waals surface area contributed by atoms with Crippen molar-refractivity contribution in [1.82, 2.24) is 20.2 Å². The van der Waals surface area contributed by atoms with E-state index in [-0.39, 0.29) is 17.4 Å². The number of anilines is 1. The van der Waals surface area contributed by atoms with Crippen LogP contribution in [-0.4, -0.2) is 26.1 Å². The highest BCUT2D eigenvalue weighted by Gasteiger charge is 2.13. The quantitative estimate of drug-likeness (QED) is 0.513. The minimum absolute atomic E-state index is 0.101. The van der Waals surface area contributed by atoms with E-state index in [1.165, 1.54) is 23.1 Å². The van der Waals surface area contributed by atoms with Crippen LogP contribution in [0.3, 0.4) is 0 Å². The molecule has 0 aliphatic rings. The summed E-state index contributed by atoms with van der Waals surface area (Å²) >= 11 is 2.65. The third-order valence-corrected chi connectivity index (χ3v) is 5.85. The van der Waals surface area contributed by atoms with Gasteiger partial charge in [-0.15, -0.1) is 10.2 Å². The number of H-pyrrole nitrogens is 1.